The third-order valence-electron chi connectivity index (χ3n) is 3.48. The molecular formula is C17H12ClN5S. The summed E-state index contributed by atoms with van der Waals surface area (Å²) < 4.78 is 1.77. The van der Waals surface area contributed by atoms with Crippen LogP contribution in [0.4, 0.5) is 0 Å². The SMILES string of the molecule is Clc1ccccc1Cc1nnc2sc(/C=C/c3cccnc3)nn12. The molecule has 5 nitrogen and oxygen atoms in total. The van der Waals surface area contributed by atoms with Gasteiger partial charge in [-0.3, -0.25) is 4.98 Å². The van der Waals surface area contributed by atoms with E-state index in [-0.39, 0.29) is 0 Å². The zero-order chi connectivity index (χ0) is 16.4. The first kappa shape index (κ1) is 15.0. The molecule has 4 rings (SSSR count). The van der Waals surface area contributed by atoms with Crippen LogP contribution >= 0.6 is 22.9 Å². The second kappa shape index (κ2) is 6.51. The Morgan fingerprint density at radius 1 is 1.08 bits per heavy atom. The van der Waals surface area contributed by atoms with Crippen LogP contribution in [-0.2, 0) is 6.42 Å². The zero-order valence-corrected chi connectivity index (χ0v) is 14.1. The van der Waals surface area contributed by atoms with E-state index in [2.05, 4.69) is 20.3 Å². The highest BCUT2D eigenvalue weighted by Crippen LogP contribution is 2.21. The summed E-state index contributed by atoms with van der Waals surface area (Å²) in [5.41, 5.74) is 2.04. The van der Waals surface area contributed by atoms with Gasteiger partial charge in [0.15, 0.2) is 5.82 Å². The summed E-state index contributed by atoms with van der Waals surface area (Å²) in [6.45, 7) is 0. The minimum Gasteiger partial charge on any atom is -0.264 e. The molecule has 0 unspecified atom stereocenters. The number of benzene rings is 1. The van der Waals surface area contributed by atoms with Crippen LogP contribution in [-0.4, -0.2) is 24.8 Å². The van der Waals surface area contributed by atoms with E-state index in [1.807, 2.05) is 48.6 Å². The van der Waals surface area contributed by atoms with Crippen LogP contribution in [0.1, 0.15) is 22.0 Å². The van der Waals surface area contributed by atoms with Crippen molar-refractivity contribution in [2.45, 2.75) is 6.42 Å². The van der Waals surface area contributed by atoms with E-state index in [0.29, 0.717) is 6.42 Å². The highest BCUT2D eigenvalue weighted by Gasteiger charge is 2.12. The van der Waals surface area contributed by atoms with E-state index in [0.717, 1.165) is 31.9 Å². The maximum absolute atomic E-state index is 6.22. The first-order valence-corrected chi connectivity index (χ1v) is 8.52. The fraction of sp³-hybridized carbons (Fsp3) is 0.0588. The number of nitrogens with zero attached hydrogens (tertiary/aromatic N) is 5. The topological polar surface area (TPSA) is 56.0 Å². The normalized spacial score (nSPS) is 11.5. The largest absolute Gasteiger partial charge is 0.264 e. The number of aromatic nitrogens is 5. The van der Waals surface area contributed by atoms with Gasteiger partial charge in [-0.05, 0) is 29.3 Å². The third kappa shape index (κ3) is 3.06. The van der Waals surface area contributed by atoms with Crippen LogP contribution in [0, 0.1) is 0 Å². The first-order chi connectivity index (χ1) is 11.8. The van der Waals surface area contributed by atoms with Gasteiger partial charge in [0.25, 0.3) is 0 Å². The molecule has 0 aliphatic carbocycles. The van der Waals surface area contributed by atoms with Crippen LogP contribution in [0.3, 0.4) is 0 Å². The highest BCUT2D eigenvalue weighted by atomic mass is 35.5. The predicted molar refractivity (Wildman–Crippen MR) is 96.1 cm³/mol. The number of rotatable bonds is 4. The predicted octanol–water partition coefficient (Wildman–Crippen LogP) is 4.00. The summed E-state index contributed by atoms with van der Waals surface area (Å²) in [5.74, 6) is 0.773. The molecule has 0 N–H and O–H groups in total. The van der Waals surface area contributed by atoms with Gasteiger partial charge in [0.2, 0.25) is 4.96 Å². The van der Waals surface area contributed by atoms with Crippen molar-refractivity contribution in [2.24, 2.45) is 0 Å². The lowest BCUT2D eigenvalue weighted by atomic mass is 10.1. The minimum absolute atomic E-state index is 0.594. The molecule has 0 bridgehead atoms. The molecule has 0 amide bonds. The maximum Gasteiger partial charge on any atom is 0.234 e. The van der Waals surface area contributed by atoms with E-state index in [1.54, 1.807) is 16.9 Å². The quantitative estimate of drug-likeness (QED) is 0.556. The Labute approximate surface area is 147 Å². The molecule has 24 heavy (non-hydrogen) atoms. The van der Waals surface area contributed by atoms with E-state index in [9.17, 15) is 0 Å². The fourth-order valence-electron chi connectivity index (χ4n) is 2.30. The lowest BCUT2D eigenvalue weighted by molar-refractivity contribution is 0.848. The molecule has 3 heterocycles. The molecule has 0 aliphatic rings. The molecular weight excluding hydrogens is 342 g/mol. The molecule has 118 valence electrons. The molecule has 0 saturated heterocycles. The van der Waals surface area contributed by atoms with Gasteiger partial charge < -0.3 is 0 Å². The van der Waals surface area contributed by atoms with Crippen molar-refractivity contribution in [1.82, 2.24) is 24.8 Å². The van der Waals surface area contributed by atoms with Gasteiger partial charge in [0.05, 0.1) is 0 Å². The van der Waals surface area contributed by atoms with Crippen LogP contribution in [0.25, 0.3) is 17.1 Å². The van der Waals surface area contributed by atoms with Crippen molar-refractivity contribution in [3.05, 3.63) is 75.8 Å². The molecule has 0 atom stereocenters. The molecule has 0 aliphatic heterocycles. The van der Waals surface area contributed by atoms with Crippen molar-refractivity contribution >= 4 is 40.1 Å². The van der Waals surface area contributed by atoms with Gasteiger partial charge >= 0.3 is 0 Å². The van der Waals surface area contributed by atoms with Gasteiger partial charge in [-0.25, -0.2) is 0 Å². The van der Waals surface area contributed by atoms with Gasteiger partial charge in [-0.1, -0.05) is 53.3 Å². The number of hydrogen-bond donors (Lipinski definition) is 0. The highest BCUT2D eigenvalue weighted by molar-refractivity contribution is 7.17. The molecule has 4 aromatic rings. The molecule has 0 radical (unpaired) electrons. The van der Waals surface area contributed by atoms with Crippen LogP contribution < -0.4 is 0 Å². The lowest BCUT2D eigenvalue weighted by Crippen LogP contribution is -1.98. The summed E-state index contributed by atoms with van der Waals surface area (Å²) in [4.78, 5) is 4.86. The summed E-state index contributed by atoms with van der Waals surface area (Å²) in [6.07, 6.45) is 8.08. The monoisotopic (exact) mass is 353 g/mol. The Kier molecular flexibility index (Phi) is 4.06. The second-order valence-corrected chi connectivity index (χ2v) is 6.53. The summed E-state index contributed by atoms with van der Waals surface area (Å²) in [5, 5.41) is 14.6. The van der Waals surface area contributed by atoms with Crippen molar-refractivity contribution in [3.8, 4) is 0 Å². The van der Waals surface area contributed by atoms with Crippen molar-refractivity contribution in [3.63, 3.8) is 0 Å². The zero-order valence-electron chi connectivity index (χ0n) is 12.5. The van der Waals surface area contributed by atoms with Gasteiger partial charge in [0.1, 0.15) is 5.01 Å². The molecule has 0 fully saturated rings. The Bertz CT molecular complexity index is 1010. The summed E-state index contributed by atoms with van der Waals surface area (Å²) >= 11 is 7.71. The van der Waals surface area contributed by atoms with Gasteiger partial charge in [-0.15, -0.1) is 10.2 Å². The smallest absolute Gasteiger partial charge is 0.234 e. The van der Waals surface area contributed by atoms with E-state index >= 15 is 0 Å². The molecule has 0 spiro atoms. The van der Waals surface area contributed by atoms with Crippen LogP contribution in [0.2, 0.25) is 5.02 Å². The van der Waals surface area contributed by atoms with Crippen molar-refractivity contribution in [1.29, 1.82) is 0 Å². The average Bonchev–Trinajstić information content (AvgIpc) is 3.17. The van der Waals surface area contributed by atoms with Crippen LogP contribution in [0.5, 0.6) is 0 Å². The van der Waals surface area contributed by atoms with Crippen molar-refractivity contribution < 1.29 is 0 Å². The summed E-state index contributed by atoms with van der Waals surface area (Å²) in [6, 6.07) is 11.6. The van der Waals surface area contributed by atoms with E-state index in [1.165, 1.54) is 11.3 Å². The lowest BCUT2D eigenvalue weighted by Gasteiger charge is -2.00. The number of fused-ring (bicyclic) bond motifs is 1. The Balaban J connectivity index is 1.62. The van der Waals surface area contributed by atoms with Gasteiger partial charge in [-0.2, -0.15) is 9.61 Å². The molecule has 1 aromatic carbocycles. The average molecular weight is 354 g/mol. The number of hydrogen-bond acceptors (Lipinski definition) is 5. The van der Waals surface area contributed by atoms with E-state index in [4.69, 9.17) is 11.6 Å². The Morgan fingerprint density at radius 2 is 2.00 bits per heavy atom. The summed E-state index contributed by atoms with van der Waals surface area (Å²) in [7, 11) is 0. The van der Waals surface area contributed by atoms with Gasteiger partial charge in [0, 0.05) is 23.8 Å². The Morgan fingerprint density at radius 3 is 2.83 bits per heavy atom. The molecule has 3 aromatic heterocycles. The maximum atomic E-state index is 6.22. The number of pyridine rings is 1. The first-order valence-electron chi connectivity index (χ1n) is 7.32. The second-order valence-electron chi connectivity index (χ2n) is 5.14. The number of halogens is 1. The van der Waals surface area contributed by atoms with Crippen LogP contribution in [0.15, 0.2) is 48.8 Å². The minimum atomic E-state index is 0.594. The fourth-order valence-corrected chi connectivity index (χ4v) is 3.27. The molecule has 0 saturated carbocycles. The van der Waals surface area contributed by atoms with Crippen molar-refractivity contribution in [2.75, 3.05) is 0 Å². The third-order valence-corrected chi connectivity index (χ3v) is 4.71. The standard InChI is InChI=1S/C17H12ClN5S/c18-14-6-2-1-5-13(14)10-15-20-21-17-23(15)22-16(24-17)8-7-12-4-3-9-19-11-12/h1-9,11H,10H2/b8-7+. The Hall–Kier alpha value is -2.57. The molecule has 7 heteroatoms. The van der Waals surface area contributed by atoms with E-state index < -0.39 is 0 Å².